The second kappa shape index (κ2) is 5.70. The Morgan fingerprint density at radius 1 is 1.50 bits per heavy atom. The summed E-state index contributed by atoms with van der Waals surface area (Å²) in [7, 11) is 2.71. The molecule has 100 valence electrons. The van der Waals surface area contributed by atoms with Crippen LogP contribution < -0.4 is 4.90 Å². The predicted molar refractivity (Wildman–Crippen MR) is 59.5 cm³/mol. The summed E-state index contributed by atoms with van der Waals surface area (Å²) in [5.74, 6) is -0.259. The molecule has 1 aromatic heterocycles. The molecule has 0 aliphatic rings. The van der Waals surface area contributed by atoms with Crippen molar-refractivity contribution in [3.8, 4) is 0 Å². The maximum atomic E-state index is 12.1. The first kappa shape index (κ1) is 14.3. The molecule has 0 saturated carbocycles. The van der Waals surface area contributed by atoms with E-state index in [0.717, 1.165) is 0 Å². The number of hydrogen-bond acceptors (Lipinski definition) is 4. The number of rotatable bonds is 4. The van der Waals surface area contributed by atoms with Gasteiger partial charge < -0.3 is 9.64 Å². The van der Waals surface area contributed by atoms with Crippen molar-refractivity contribution >= 4 is 11.8 Å². The van der Waals surface area contributed by atoms with Crippen molar-refractivity contribution in [1.82, 2.24) is 4.98 Å². The topological polar surface area (TPSA) is 42.4 Å². The molecule has 0 fully saturated rings. The maximum Gasteiger partial charge on any atom is 0.390 e. The summed E-state index contributed by atoms with van der Waals surface area (Å²) in [4.78, 5) is 16.5. The van der Waals surface area contributed by atoms with Gasteiger partial charge in [-0.15, -0.1) is 0 Å². The molecule has 0 aromatic carbocycles. The lowest BCUT2D eigenvalue weighted by atomic mass is 10.2. The van der Waals surface area contributed by atoms with E-state index in [0.29, 0.717) is 5.82 Å². The van der Waals surface area contributed by atoms with Crippen LogP contribution >= 0.6 is 0 Å². The van der Waals surface area contributed by atoms with Gasteiger partial charge in [-0.2, -0.15) is 13.2 Å². The third kappa shape index (κ3) is 4.23. The van der Waals surface area contributed by atoms with Crippen molar-refractivity contribution < 1.29 is 22.7 Å². The molecule has 1 heterocycles. The van der Waals surface area contributed by atoms with Gasteiger partial charge in [0.2, 0.25) is 0 Å². The van der Waals surface area contributed by atoms with Crippen LogP contribution in [0.5, 0.6) is 0 Å². The van der Waals surface area contributed by atoms with E-state index < -0.39 is 18.6 Å². The molecule has 0 bridgehead atoms. The van der Waals surface area contributed by atoms with Gasteiger partial charge in [0.25, 0.3) is 0 Å². The van der Waals surface area contributed by atoms with E-state index in [9.17, 15) is 18.0 Å². The third-order valence-corrected chi connectivity index (χ3v) is 2.29. The summed E-state index contributed by atoms with van der Waals surface area (Å²) in [6.07, 6.45) is -3.80. The molecule has 0 aliphatic heterocycles. The normalized spacial score (nSPS) is 11.2. The second-order valence-corrected chi connectivity index (χ2v) is 3.68. The molecule has 0 unspecified atom stereocenters. The molecule has 0 atom stereocenters. The number of ether oxygens (including phenoxy) is 1. The van der Waals surface area contributed by atoms with Gasteiger partial charge in [0, 0.05) is 19.8 Å². The van der Waals surface area contributed by atoms with Crippen molar-refractivity contribution in [3.63, 3.8) is 0 Å². The lowest BCUT2D eigenvalue weighted by molar-refractivity contribution is -0.132. The lowest BCUT2D eigenvalue weighted by Gasteiger charge is -2.19. The van der Waals surface area contributed by atoms with Crippen molar-refractivity contribution in [3.05, 3.63) is 23.9 Å². The highest BCUT2D eigenvalue weighted by atomic mass is 19.4. The zero-order chi connectivity index (χ0) is 13.8. The molecule has 0 radical (unpaired) electrons. The van der Waals surface area contributed by atoms with E-state index >= 15 is 0 Å². The van der Waals surface area contributed by atoms with E-state index in [1.807, 2.05) is 0 Å². The van der Waals surface area contributed by atoms with Crippen LogP contribution in [-0.4, -0.2) is 37.8 Å². The zero-order valence-corrected chi connectivity index (χ0v) is 9.99. The second-order valence-electron chi connectivity index (χ2n) is 3.68. The summed E-state index contributed by atoms with van der Waals surface area (Å²) < 4.78 is 40.7. The zero-order valence-electron chi connectivity index (χ0n) is 9.99. The number of esters is 1. The average Bonchev–Trinajstić information content (AvgIpc) is 2.34. The van der Waals surface area contributed by atoms with Crippen LogP contribution in [0.4, 0.5) is 19.0 Å². The van der Waals surface area contributed by atoms with E-state index in [-0.39, 0.29) is 12.1 Å². The number of alkyl halides is 3. The summed E-state index contributed by atoms with van der Waals surface area (Å²) in [6, 6.07) is 2.83. The van der Waals surface area contributed by atoms with E-state index in [1.54, 1.807) is 0 Å². The highest BCUT2D eigenvalue weighted by Gasteiger charge is 2.27. The Balaban J connectivity index is 2.74. The number of anilines is 1. The summed E-state index contributed by atoms with van der Waals surface area (Å²) in [5.41, 5.74) is 0.251. The monoisotopic (exact) mass is 262 g/mol. The van der Waals surface area contributed by atoms with Crippen LogP contribution in [-0.2, 0) is 4.74 Å². The van der Waals surface area contributed by atoms with Crippen LogP contribution in [0.25, 0.3) is 0 Å². The Morgan fingerprint density at radius 2 is 2.17 bits per heavy atom. The first-order valence-electron chi connectivity index (χ1n) is 5.16. The number of methoxy groups -OCH3 is 1. The summed E-state index contributed by atoms with van der Waals surface area (Å²) in [6.45, 7) is -0.221. The van der Waals surface area contributed by atoms with Crippen molar-refractivity contribution in [1.29, 1.82) is 0 Å². The van der Waals surface area contributed by atoms with Gasteiger partial charge in [-0.3, -0.25) is 0 Å². The quantitative estimate of drug-likeness (QED) is 0.780. The molecule has 0 aliphatic carbocycles. The van der Waals surface area contributed by atoms with Crippen LogP contribution in [0.15, 0.2) is 18.3 Å². The summed E-state index contributed by atoms with van der Waals surface area (Å²) >= 11 is 0. The minimum atomic E-state index is -4.21. The fraction of sp³-hybridized carbons (Fsp3) is 0.455. The molecule has 4 nitrogen and oxygen atoms in total. The largest absolute Gasteiger partial charge is 0.465 e. The molecule has 0 saturated heterocycles. The molecule has 0 amide bonds. The Bertz CT molecular complexity index is 421. The van der Waals surface area contributed by atoms with Crippen molar-refractivity contribution in [2.24, 2.45) is 0 Å². The molecule has 18 heavy (non-hydrogen) atoms. The fourth-order valence-electron chi connectivity index (χ4n) is 1.28. The molecular formula is C11H13F3N2O2. The SMILES string of the molecule is COC(=O)c1ccnc(N(C)CCC(F)(F)F)c1. The van der Waals surface area contributed by atoms with E-state index in [2.05, 4.69) is 9.72 Å². The molecule has 7 heteroatoms. The number of halogens is 3. The molecule has 0 N–H and O–H groups in total. The highest BCUT2D eigenvalue weighted by molar-refractivity contribution is 5.90. The molecule has 1 aromatic rings. The van der Waals surface area contributed by atoms with Crippen LogP contribution in [0, 0.1) is 0 Å². The number of aromatic nitrogens is 1. The van der Waals surface area contributed by atoms with Gasteiger partial charge in [0.15, 0.2) is 0 Å². The number of carbonyl (C=O) groups excluding carboxylic acids is 1. The fourth-order valence-corrected chi connectivity index (χ4v) is 1.28. The Kier molecular flexibility index (Phi) is 4.52. The molecule has 0 spiro atoms. The lowest BCUT2D eigenvalue weighted by Crippen LogP contribution is -2.25. The summed E-state index contributed by atoms with van der Waals surface area (Å²) in [5, 5.41) is 0. The Morgan fingerprint density at radius 3 is 2.72 bits per heavy atom. The number of hydrogen-bond donors (Lipinski definition) is 0. The van der Waals surface area contributed by atoms with Gasteiger partial charge in [-0.25, -0.2) is 9.78 Å². The van der Waals surface area contributed by atoms with Gasteiger partial charge >= 0.3 is 12.1 Å². The van der Waals surface area contributed by atoms with Crippen LogP contribution in [0.2, 0.25) is 0 Å². The standard InChI is InChI=1S/C11H13F3N2O2/c1-16(6-4-11(12,13)14)9-7-8(3-5-15-9)10(17)18-2/h3,5,7H,4,6H2,1-2H3. The minimum Gasteiger partial charge on any atom is -0.465 e. The number of carbonyl (C=O) groups is 1. The predicted octanol–water partition coefficient (Wildman–Crippen LogP) is 2.26. The van der Waals surface area contributed by atoms with Crippen LogP contribution in [0.3, 0.4) is 0 Å². The third-order valence-electron chi connectivity index (χ3n) is 2.29. The van der Waals surface area contributed by atoms with Gasteiger partial charge in [0.05, 0.1) is 19.1 Å². The smallest absolute Gasteiger partial charge is 0.390 e. The van der Waals surface area contributed by atoms with E-state index in [1.165, 1.54) is 37.4 Å². The van der Waals surface area contributed by atoms with Gasteiger partial charge in [-0.05, 0) is 12.1 Å². The Labute approximate surface area is 102 Å². The van der Waals surface area contributed by atoms with Gasteiger partial charge in [0.1, 0.15) is 5.82 Å². The first-order valence-corrected chi connectivity index (χ1v) is 5.16. The average molecular weight is 262 g/mol. The van der Waals surface area contributed by atoms with E-state index in [4.69, 9.17) is 0 Å². The van der Waals surface area contributed by atoms with Gasteiger partial charge in [-0.1, -0.05) is 0 Å². The molecule has 1 rings (SSSR count). The molecular weight excluding hydrogens is 249 g/mol. The first-order chi connectivity index (χ1) is 8.33. The maximum absolute atomic E-state index is 12.1. The number of nitrogens with zero attached hydrogens (tertiary/aromatic N) is 2. The van der Waals surface area contributed by atoms with Crippen LogP contribution in [0.1, 0.15) is 16.8 Å². The van der Waals surface area contributed by atoms with Crippen molar-refractivity contribution in [2.75, 3.05) is 25.6 Å². The number of pyridine rings is 1. The Hall–Kier alpha value is -1.79. The highest BCUT2D eigenvalue weighted by Crippen LogP contribution is 2.21. The van der Waals surface area contributed by atoms with Crippen molar-refractivity contribution in [2.45, 2.75) is 12.6 Å². The minimum absolute atomic E-state index is 0.221.